The summed E-state index contributed by atoms with van der Waals surface area (Å²) < 4.78 is 0. The number of carbonyl (C=O) groups is 1. The Kier molecular flexibility index (Phi) is 6.01. The molecule has 88 valence electrons. The fourth-order valence-electron chi connectivity index (χ4n) is 1.45. The molecule has 0 unspecified atom stereocenters. The van der Waals surface area contributed by atoms with Gasteiger partial charge in [-0.15, -0.1) is 0 Å². The maximum Gasteiger partial charge on any atom is 0.313 e. The molecular formula is C13H18O2S. The van der Waals surface area contributed by atoms with Crippen molar-refractivity contribution < 1.29 is 9.90 Å². The molecule has 1 aromatic carbocycles. The molecule has 1 aromatic rings. The van der Waals surface area contributed by atoms with Gasteiger partial charge in [-0.2, -0.15) is 11.8 Å². The van der Waals surface area contributed by atoms with Crippen LogP contribution in [0.5, 0.6) is 0 Å². The number of carboxylic acid groups (broad SMARTS) is 1. The average Bonchev–Trinajstić information content (AvgIpc) is 2.25. The van der Waals surface area contributed by atoms with Gasteiger partial charge in [-0.1, -0.05) is 29.8 Å². The van der Waals surface area contributed by atoms with Gasteiger partial charge in [0.05, 0.1) is 5.75 Å². The molecule has 0 aromatic heterocycles. The van der Waals surface area contributed by atoms with Crippen LogP contribution in [0.15, 0.2) is 24.3 Å². The van der Waals surface area contributed by atoms with Crippen LogP contribution in [0, 0.1) is 6.92 Å². The lowest BCUT2D eigenvalue weighted by Crippen LogP contribution is -1.98. The van der Waals surface area contributed by atoms with Crippen LogP contribution in [0.25, 0.3) is 0 Å². The zero-order valence-corrected chi connectivity index (χ0v) is 10.4. The number of benzene rings is 1. The van der Waals surface area contributed by atoms with Gasteiger partial charge in [-0.3, -0.25) is 4.79 Å². The van der Waals surface area contributed by atoms with E-state index in [1.807, 2.05) is 0 Å². The van der Waals surface area contributed by atoms with Crippen LogP contribution in [0.3, 0.4) is 0 Å². The predicted octanol–water partition coefficient (Wildman–Crippen LogP) is 3.14. The SMILES string of the molecule is Cc1ccc(CCCCSCC(=O)O)cc1. The summed E-state index contributed by atoms with van der Waals surface area (Å²) in [6, 6.07) is 8.60. The third-order valence-electron chi connectivity index (χ3n) is 2.35. The second-order valence-corrected chi connectivity index (χ2v) is 4.99. The van der Waals surface area contributed by atoms with Crippen molar-refractivity contribution in [2.45, 2.75) is 26.2 Å². The maximum atomic E-state index is 10.3. The van der Waals surface area contributed by atoms with Gasteiger partial charge < -0.3 is 5.11 Å². The molecule has 3 heteroatoms. The highest BCUT2D eigenvalue weighted by atomic mass is 32.2. The normalized spacial score (nSPS) is 10.3. The first-order valence-corrected chi connectivity index (χ1v) is 6.69. The molecule has 0 fully saturated rings. The van der Waals surface area contributed by atoms with Crippen LogP contribution in [0.1, 0.15) is 24.0 Å². The van der Waals surface area contributed by atoms with Gasteiger partial charge in [0, 0.05) is 0 Å². The lowest BCUT2D eigenvalue weighted by Gasteiger charge is -2.02. The van der Waals surface area contributed by atoms with Gasteiger partial charge in [-0.05, 0) is 37.5 Å². The minimum absolute atomic E-state index is 0.227. The fraction of sp³-hybridized carbons (Fsp3) is 0.462. The molecule has 0 amide bonds. The molecule has 0 heterocycles. The summed E-state index contributed by atoms with van der Waals surface area (Å²) in [7, 11) is 0. The second-order valence-electron chi connectivity index (χ2n) is 3.89. The highest BCUT2D eigenvalue weighted by molar-refractivity contribution is 7.99. The molecule has 0 aliphatic rings. The van der Waals surface area contributed by atoms with Crippen LogP contribution < -0.4 is 0 Å². The Morgan fingerprint density at radius 2 is 1.94 bits per heavy atom. The van der Waals surface area contributed by atoms with Crippen molar-refractivity contribution in [3.05, 3.63) is 35.4 Å². The second kappa shape index (κ2) is 7.34. The van der Waals surface area contributed by atoms with Crippen molar-refractivity contribution in [3.8, 4) is 0 Å². The summed E-state index contributed by atoms with van der Waals surface area (Å²) in [6.07, 6.45) is 3.31. The molecule has 16 heavy (non-hydrogen) atoms. The van der Waals surface area contributed by atoms with Crippen LogP contribution in [-0.4, -0.2) is 22.6 Å². The van der Waals surface area contributed by atoms with Crippen molar-refractivity contribution in [2.75, 3.05) is 11.5 Å². The van der Waals surface area contributed by atoms with Gasteiger partial charge in [0.2, 0.25) is 0 Å². The van der Waals surface area contributed by atoms with E-state index in [0.29, 0.717) is 0 Å². The van der Waals surface area contributed by atoms with E-state index in [4.69, 9.17) is 5.11 Å². The number of hydrogen-bond acceptors (Lipinski definition) is 2. The van der Waals surface area contributed by atoms with Gasteiger partial charge in [0.15, 0.2) is 0 Å². The van der Waals surface area contributed by atoms with Crippen LogP contribution in [0.2, 0.25) is 0 Å². The lowest BCUT2D eigenvalue weighted by atomic mass is 10.1. The first-order chi connectivity index (χ1) is 7.68. The number of thioether (sulfide) groups is 1. The Hall–Kier alpha value is -0.960. The Bertz CT molecular complexity index is 319. The molecule has 0 atom stereocenters. The van der Waals surface area contributed by atoms with E-state index >= 15 is 0 Å². The standard InChI is InChI=1S/C13H18O2S/c1-11-5-7-12(8-6-11)4-2-3-9-16-10-13(14)15/h5-8H,2-4,9-10H2,1H3,(H,14,15). The van der Waals surface area contributed by atoms with Crippen LogP contribution in [0.4, 0.5) is 0 Å². The molecule has 2 nitrogen and oxygen atoms in total. The third-order valence-corrected chi connectivity index (χ3v) is 3.38. The fourth-order valence-corrected chi connectivity index (χ4v) is 2.17. The van der Waals surface area contributed by atoms with E-state index in [-0.39, 0.29) is 5.75 Å². The van der Waals surface area contributed by atoms with E-state index < -0.39 is 5.97 Å². The number of hydrogen-bond donors (Lipinski definition) is 1. The Morgan fingerprint density at radius 3 is 2.56 bits per heavy atom. The van der Waals surface area contributed by atoms with Gasteiger partial charge in [0.1, 0.15) is 0 Å². The zero-order chi connectivity index (χ0) is 11.8. The zero-order valence-electron chi connectivity index (χ0n) is 9.61. The largest absolute Gasteiger partial charge is 0.481 e. The Balaban J connectivity index is 2.07. The Morgan fingerprint density at radius 1 is 1.25 bits per heavy atom. The number of aliphatic carboxylic acids is 1. The van der Waals surface area contributed by atoms with E-state index in [1.54, 1.807) is 0 Å². The smallest absolute Gasteiger partial charge is 0.313 e. The Labute approximate surface area is 101 Å². The van der Waals surface area contributed by atoms with Crippen molar-refractivity contribution in [3.63, 3.8) is 0 Å². The molecule has 0 saturated heterocycles. The van der Waals surface area contributed by atoms with E-state index in [9.17, 15) is 4.79 Å². The van der Waals surface area contributed by atoms with Crippen molar-refractivity contribution in [2.24, 2.45) is 0 Å². The minimum Gasteiger partial charge on any atom is -0.481 e. The minimum atomic E-state index is -0.719. The molecule has 0 bridgehead atoms. The first kappa shape index (κ1) is 13.1. The molecule has 0 radical (unpaired) electrons. The summed E-state index contributed by atoms with van der Waals surface area (Å²) in [5, 5.41) is 8.45. The summed E-state index contributed by atoms with van der Waals surface area (Å²) >= 11 is 1.50. The van der Waals surface area contributed by atoms with E-state index in [1.165, 1.54) is 22.9 Å². The highest BCUT2D eigenvalue weighted by Gasteiger charge is 1.97. The lowest BCUT2D eigenvalue weighted by molar-refractivity contribution is -0.133. The third kappa shape index (κ3) is 5.81. The predicted molar refractivity (Wildman–Crippen MR) is 69.1 cm³/mol. The molecule has 1 N–H and O–H groups in total. The maximum absolute atomic E-state index is 10.3. The number of unbranched alkanes of at least 4 members (excludes halogenated alkanes) is 1. The van der Waals surface area contributed by atoms with Crippen molar-refractivity contribution in [1.29, 1.82) is 0 Å². The van der Waals surface area contributed by atoms with E-state index in [2.05, 4.69) is 31.2 Å². The first-order valence-electron chi connectivity index (χ1n) is 5.53. The molecule has 0 spiro atoms. The van der Waals surface area contributed by atoms with Gasteiger partial charge in [0.25, 0.3) is 0 Å². The topological polar surface area (TPSA) is 37.3 Å². The van der Waals surface area contributed by atoms with E-state index in [0.717, 1.165) is 25.0 Å². The molecular weight excluding hydrogens is 220 g/mol. The summed E-state index contributed by atoms with van der Waals surface area (Å²) in [5.74, 6) is 0.450. The molecule has 0 aliphatic carbocycles. The number of carboxylic acids is 1. The summed E-state index contributed by atoms with van der Waals surface area (Å²) in [4.78, 5) is 10.3. The molecule has 0 aliphatic heterocycles. The van der Waals surface area contributed by atoms with Crippen LogP contribution >= 0.6 is 11.8 Å². The summed E-state index contributed by atoms with van der Waals surface area (Å²) in [6.45, 7) is 2.09. The summed E-state index contributed by atoms with van der Waals surface area (Å²) in [5.41, 5.74) is 2.66. The van der Waals surface area contributed by atoms with Crippen LogP contribution in [-0.2, 0) is 11.2 Å². The van der Waals surface area contributed by atoms with Gasteiger partial charge >= 0.3 is 5.97 Å². The van der Waals surface area contributed by atoms with Crippen molar-refractivity contribution >= 4 is 17.7 Å². The quantitative estimate of drug-likeness (QED) is 0.741. The van der Waals surface area contributed by atoms with Crippen molar-refractivity contribution in [1.82, 2.24) is 0 Å². The van der Waals surface area contributed by atoms with Gasteiger partial charge in [-0.25, -0.2) is 0 Å². The molecule has 1 rings (SSSR count). The average molecular weight is 238 g/mol. The number of rotatable bonds is 7. The monoisotopic (exact) mass is 238 g/mol. The number of aryl methyl sites for hydroxylation is 2. The highest BCUT2D eigenvalue weighted by Crippen LogP contribution is 2.10. The molecule has 0 saturated carbocycles.